The molecule has 2 saturated heterocycles. The number of likely N-dealkylation sites (tertiary alicyclic amines) is 2. The molecule has 0 amide bonds. The van der Waals surface area contributed by atoms with Crippen LogP contribution in [0.15, 0.2) is 121 Å². The Labute approximate surface area is 250 Å². The van der Waals surface area contributed by atoms with Crippen molar-refractivity contribution in [3.8, 4) is 0 Å². The van der Waals surface area contributed by atoms with Gasteiger partial charge in [0.15, 0.2) is 0 Å². The predicted octanol–water partition coefficient (Wildman–Crippen LogP) is 5.64. The van der Waals surface area contributed by atoms with E-state index in [2.05, 4.69) is 102 Å². The highest BCUT2D eigenvalue weighted by atomic mass is 32.2. The topological polar surface area (TPSA) is 75.9 Å². The molecule has 2 aliphatic rings. The van der Waals surface area contributed by atoms with Crippen LogP contribution in [0.5, 0.6) is 0 Å². The largest absolute Gasteiger partial charge is 0.323 e. The van der Waals surface area contributed by atoms with E-state index < -0.39 is 15.7 Å². The third-order valence-corrected chi connectivity index (χ3v) is 8.45. The Balaban J connectivity index is 0.000000171. The number of benzene rings is 4. The molecule has 0 unspecified atom stereocenters. The van der Waals surface area contributed by atoms with Gasteiger partial charge in [0.2, 0.25) is 0 Å². The maximum atomic E-state index is 11.4. The van der Waals surface area contributed by atoms with Crippen LogP contribution in [-0.2, 0) is 14.3 Å². The molecule has 4 aromatic carbocycles. The second-order valence-electron chi connectivity index (χ2n) is 12.1. The standard InChI is InChI=1S/C18H21NO3S.C17H20N2/c1-18(22-23(2,20)21)13-19(14-18)17(15-9-5-3-6-10-15)16-11-7-4-8-12-16;1-17(18)12-19(13-17)16(14-8-4-2-5-9-14)15-10-6-3-7-11-15/h3-12,17H,13-14H2,1-2H3;2-11,16H,12-13,18H2,1H3. The number of hydrogen-bond donors (Lipinski definition) is 1. The molecule has 2 aliphatic heterocycles. The Morgan fingerprint density at radius 3 is 1.14 bits per heavy atom. The van der Waals surface area contributed by atoms with E-state index in [-0.39, 0.29) is 11.6 Å². The first-order chi connectivity index (χ1) is 20.0. The Morgan fingerprint density at radius 1 is 0.595 bits per heavy atom. The van der Waals surface area contributed by atoms with Gasteiger partial charge in [0.05, 0.1) is 18.3 Å². The van der Waals surface area contributed by atoms with Crippen LogP contribution in [0.25, 0.3) is 0 Å². The summed E-state index contributed by atoms with van der Waals surface area (Å²) in [7, 11) is -3.45. The van der Waals surface area contributed by atoms with E-state index >= 15 is 0 Å². The quantitative estimate of drug-likeness (QED) is 0.271. The fourth-order valence-electron chi connectivity index (χ4n) is 6.25. The molecule has 0 spiro atoms. The normalized spacial score (nSPS) is 18.0. The van der Waals surface area contributed by atoms with Gasteiger partial charge >= 0.3 is 0 Å². The average Bonchev–Trinajstić information content (AvgIpc) is 2.93. The molecule has 2 N–H and O–H groups in total. The molecular weight excluding hydrogens is 542 g/mol. The Kier molecular flexibility index (Phi) is 8.97. The molecule has 0 bridgehead atoms. The van der Waals surface area contributed by atoms with Gasteiger partial charge in [-0.15, -0.1) is 0 Å². The number of nitrogens with zero attached hydrogens (tertiary/aromatic N) is 2. The van der Waals surface area contributed by atoms with E-state index in [4.69, 9.17) is 9.92 Å². The van der Waals surface area contributed by atoms with Gasteiger partial charge in [0.25, 0.3) is 10.1 Å². The molecule has 6 rings (SSSR count). The second kappa shape index (κ2) is 12.5. The molecule has 6 nitrogen and oxygen atoms in total. The number of hydrogen-bond acceptors (Lipinski definition) is 6. The first-order valence-electron chi connectivity index (χ1n) is 14.4. The van der Waals surface area contributed by atoms with E-state index in [1.165, 1.54) is 22.3 Å². The molecule has 42 heavy (non-hydrogen) atoms. The van der Waals surface area contributed by atoms with Crippen LogP contribution in [0.2, 0.25) is 0 Å². The van der Waals surface area contributed by atoms with Crippen LogP contribution in [0.4, 0.5) is 0 Å². The van der Waals surface area contributed by atoms with Gasteiger partial charge < -0.3 is 5.73 Å². The van der Waals surface area contributed by atoms with E-state index in [1.54, 1.807) is 0 Å². The Bertz CT molecular complexity index is 1440. The van der Waals surface area contributed by atoms with E-state index in [9.17, 15) is 8.42 Å². The van der Waals surface area contributed by atoms with Crippen molar-refractivity contribution in [2.45, 2.75) is 37.1 Å². The van der Waals surface area contributed by atoms with Gasteiger partial charge in [-0.3, -0.25) is 14.0 Å². The van der Waals surface area contributed by atoms with Crippen molar-refractivity contribution in [3.63, 3.8) is 0 Å². The summed E-state index contributed by atoms with van der Waals surface area (Å²) in [5, 5.41) is 0. The lowest BCUT2D eigenvalue weighted by Gasteiger charge is -2.50. The summed E-state index contributed by atoms with van der Waals surface area (Å²) < 4.78 is 28.1. The highest BCUT2D eigenvalue weighted by Crippen LogP contribution is 2.38. The van der Waals surface area contributed by atoms with Crippen molar-refractivity contribution >= 4 is 10.1 Å². The van der Waals surface area contributed by atoms with Crippen molar-refractivity contribution < 1.29 is 12.6 Å². The summed E-state index contributed by atoms with van der Waals surface area (Å²) in [6.07, 6.45) is 1.10. The summed E-state index contributed by atoms with van der Waals surface area (Å²) in [5.41, 5.74) is 10.5. The zero-order valence-corrected chi connectivity index (χ0v) is 25.5. The average molecular weight is 584 g/mol. The monoisotopic (exact) mass is 583 g/mol. The fourth-order valence-corrected chi connectivity index (χ4v) is 7.08. The van der Waals surface area contributed by atoms with Gasteiger partial charge in [-0.1, -0.05) is 121 Å². The summed E-state index contributed by atoms with van der Waals surface area (Å²) in [6.45, 7) is 7.01. The Hall–Kier alpha value is -3.33. The third-order valence-electron chi connectivity index (χ3n) is 7.75. The van der Waals surface area contributed by atoms with E-state index in [0.717, 1.165) is 19.3 Å². The highest BCUT2D eigenvalue weighted by molar-refractivity contribution is 7.86. The third kappa shape index (κ3) is 7.54. The molecule has 0 aliphatic carbocycles. The summed E-state index contributed by atoms with van der Waals surface area (Å²) in [5.74, 6) is 0. The molecule has 220 valence electrons. The van der Waals surface area contributed by atoms with E-state index in [1.807, 2.05) is 43.3 Å². The number of rotatable bonds is 8. The smallest absolute Gasteiger partial charge is 0.265 e. The predicted molar refractivity (Wildman–Crippen MR) is 170 cm³/mol. The summed E-state index contributed by atoms with van der Waals surface area (Å²) in [4.78, 5) is 4.69. The minimum atomic E-state index is -3.45. The highest BCUT2D eigenvalue weighted by Gasteiger charge is 2.46. The molecule has 2 heterocycles. The van der Waals surface area contributed by atoms with Crippen LogP contribution in [0.1, 0.15) is 48.2 Å². The molecule has 7 heteroatoms. The lowest BCUT2D eigenvalue weighted by Crippen LogP contribution is -2.65. The summed E-state index contributed by atoms with van der Waals surface area (Å²) >= 11 is 0. The van der Waals surface area contributed by atoms with Crippen LogP contribution in [0, 0.1) is 0 Å². The molecule has 0 aromatic heterocycles. The first kappa shape index (κ1) is 30.1. The zero-order chi connectivity index (χ0) is 29.8. The van der Waals surface area contributed by atoms with Gasteiger partial charge in [0, 0.05) is 31.7 Å². The SMILES string of the molecule is CC1(N)CN(C(c2ccccc2)c2ccccc2)C1.CC1(OS(C)(=O)=O)CN(C(c2ccccc2)c2ccccc2)C1. The van der Waals surface area contributed by atoms with Gasteiger partial charge in [-0.05, 0) is 36.1 Å². The van der Waals surface area contributed by atoms with Gasteiger partial charge in [0.1, 0.15) is 5.60 Å². The zero-order valence-electron chi connectivity index (χ0n) is 24.6. The van der Waals surface area contributed by atoms with Crippen molar-refractivity contribution in [1.29, 1.82) is 0 Å². The maximum Gasteiger partial charge on any atom is 0.265 e. The van der Waals surface area contributed by atoms with Gasteiger partial charge in [-0.25, -0.2) is 0 Å². The van der Waals surface area contributed by atoms with Crippen LogP contribution in [-0.4, -0.2) is 61.8 Å². The molecule has 2 fully saturated rings. The molecular formula is C35H41N3O3S. The first-order valence-corrected chi connectivity index (χ1v) is 16.2. The minimum absolute atomic E-state index is 0.0399. The van der Waals surface area contributed by atoms with Crippen molar-refractivity contribution in [1.82, 2.24) is 9.80 Å². The van der Waals surface area contributed by atoms with Crippen molar-refractivity contribution in [2.24, 2.45) is 5.73 Å². The molecule has 0 atom stereocenters. The van der Waals surface area contributed by atoms with Crippen LogP contribution >= 0.6 is 0 Å². The summed E-state index contributed by atoms with van der Waals surface area (Å²) in [6, 6.07) is 42.3. The minimum Gasteiger partial charge on any atom is -0.323 e. The van der Waals surface area contributed by atoms with Crippen molar-refractivity contribution in [3.05, 3.63) is 144 Å². The molecule has 4 aromatic rings. The molecule has 0 radical (unpaired) electrons. The van der Waals surface area contributed by atoms with Gasteiger partial charge in [-0.2, -0.15) is 8.42 Å². The lowest BCUT2D eigenvalue weighted by atomic mass is 9.87. The number of nitrogens with two attached hydrogens (primary N) is 1. The molecule has 0 saturated carbocycles. The van der Waals surface area contributed by atoms with Crippen LogP contribution < -0.4 is 5.73 Å². The fraction of sp³-hybridized carbons (Fsp3) is 0.314. The second-order valence-corrected chi connectivity index (χ2v) is 13.7. The van der Waals surface area contributed by atoms with Crippen molar-refractivity contribution in [2.75, 3.05) is 32.4 Å². The Morgan fingerprint density at radius 2 is 0.881 bits per heavy atom. The van der Waals surface area contributed by atoms with Crippen LogP contribution in [0.3, 0.4) is 0 Å². The maximum absolute atomic E-state index is 11.4. The lowest BCUT2D eigenvalue weighted by molar-refractivity contribution is -0.0733. The van der Waals surface area contributed by atoms with E-state index in [0.29, 0.717) is 19.1 Å².